The maximum atomic E-state index is 5.63. The molecule has 0 saturated carbocycles. The molecule has 0 amide bonds. The van der Waals surface area contributed by atoms with Crippen LogP contribution in [0.15, 0.2) is 0 Å². The Morgan fingerprint density at radius 3 is 1.65 bits per heavy atom. The van der Waals surface area contributed by atoms with E-state index in [1.807, 2.05) is 0 Å². The van der Waals surface area contributed by atoms with Crippen LogP contribution in [0.1, 0.15) is 84.0 Å². The fourth-order valence-electron chi connectivity index (χ4n) is 2.00. The quantitative estimate of drug-likeness (QED) is 0.363. The number of hydrogen-bond acceptors (Lipinski definition) is 1. The van der Waals surface area contributed by atoms with E-state index >= 15 is 0 Å². The van der Waals surface area contributed by atoms with Gasteiger partial charge in [0.15, 0.2) is 0 Å². The highest BCUT2D eigenvalue weighted by Crippen LogP contribution is 2.07. The Morgan fingerprint density at radius 2 is 1.12 bits per heavy atom. The van der Waals surface area contributed by atoms with E-state index in [9.17, 15) is 0 Å². The molecule has 0 heterocycles. The second-order valence-electron chi connectivity index (χ2n) is 5.00. The van der Waals surface area contributed by atoms with E-state index in [0.29, 0.717) is 0 Å². The largest absolute Gasteiger partial charge is 0.381 e. The van der Waals surface area contributed by atoms with Crippen molar-refractivity contribution in [1.29, 1.82) is 0 Å². The van der Waals surface area contributed by atoms with Crippen LogP contribution in [0, 0.1) is 6.92 Å². The molecule has 0 aromatic rings. The first-order valence-electron chi connectivity index (χ1n) is 7.78. The van der Waals surface area contributed by atoms with Crippen LogP contribution in [0.25, 0.3) is 0 Å². The first-order valence-corrected chi connectivity index (χ1v) is 7.78. The van der Waals surface area contributed by atoms with E-state index in [0.717, 1.165) is 19.6 Å². The van der Waals surface area contributed by atoms with Gasteiger partial charge in [0.25, 0.3) is 0 Å². The molecule has 0 rings (SSSR count). The molecule has 17 heavy (non-hydrogen) atoms. The van der Waals surface area contributed by atoms with Crippen molar-refractivity contribution in [1.82, 2.24) is 0 Å². The van der Waals surface area contributed by atoms with E-state index in [-0.39, 0.29) is 0 Å². The van der Waals surface area contributed by atoms with Gasteiger partial charge in [0.1, 0.15) is 0 Å². The van der Waals surface area contributed by atoms with Gasteiger partial charge in [-0.25, -0.2) is 0 Å². The second kappa shape index (κ2) is 16.0. The lowest BCUT2D eigenvalue weighted by atomic mass is 10.1. The average Bonchev–Trinajstić information content (AvgIpc) is 2.35. The lowest BCUT2D eigenvalue weighted by Gasteiger charge is -2.04. The molecule has 0 saturated heterocycles. The van der Waals surface area contributed by atoms with Crippen molar-refractivity contribution in [3.8, 4) is 0 Å². The van der Waals surface area contributed by atoms with Crippen molar-refractivity contribution in [2.24, 2.45) is 0 Å². The zero-order chi connectivity index (χ0) is 12.6. The number of ether oxygens (including phenoxy) is 1. The number of hydrogen-bond donors (Lipinski definition) is 0. The van der Waals surface area contributed by atoms with Crippen LogP contribution >= 0.6 is 0 Å². The van der Waals surface area contributed by atoms with E-state index in [1.165, 1.54) is 70.6 Å². The molecule has 0 bridgehead atoms. The SMILES string of the molecule is [CH2]CCCCCCOCCCCCCCCC. The van der Waals surface area contributed by atoms with Crippen LogP contribution in [0.3, 0.4) is 0 Å². The molecule has 0 unspecified atom stereocenters. The third kappa shape index (κ3) is 16.0. The van der Waals surface area contributed by atoms with Crippen molar-refractivity contribution in [2.75, 3.05) is 13.2 Å². The number of rotatable bonds is 14. The van der Waals surface area contributed by atoms with Gasteiger partial charge in [0.05, 0.1) is 0 Å². The summed E-state index contributed by atoms with van der Waals surface area (Å²) in [4.78, 5) is 0. The molecule has 0 aromatic carbocycles. The van der Waals surface area contributed by atoms with Crippen LogP contribution < -0.4 is 0 Å². The van der Waals surface area contributed by atoms with Crippen LogP contribution in [0.2, 0.25) is 0 Å². The topological polar surface area (TPSA) is 9.23 Å². The summed E-state index contributed by atoms with van der Waals surface area (Å²) in [5.74, 6) is 0. The van der Waals surface area contributed by atoms with Crippen molar-refractivity contribution in [3.05, 3.63) is 6.92 Å². The minimum absolute atomic E-state index is 0.965. The maximum Gasteiger partial charge on any atom is 0.0466 e. The Balaban J connectivity index is 2.85. The Bertz CT molecular complexity index is 109. The Hall–Kier alpha value is -0.0400. The van der Waals surface area contributed by atoms with Crippen LogP contribution in [-0.2, 0) is 4.74 Å². The van der Waals surface area contributed by atoms with E-state index < -0.39 is 0 Å². The van der Waals surface area contributed by atoms with Gasteiger partial charge in [-0.3, -0.25) is 0 Å². The summed E-state index contributed by atoms with van der Waals surface area (Å²) < 4.78 is 5.63. The molecule has 0 fully saturated rings. The molecule has 0 aliphatic rings. The first-order chi connectivity index (χ1) is 8.41. The molecule has 1 radical (unpaired) electrons. The van der Waals surface area contributed by atoms with Gasteiger partial charge >= 0.3 is 0 Å². The monoisotopic (exact) mass is 241 g/mol. The minimum atomic E-state index is 0.965. The summed E-state index contributed by atoms with van der Waals surface area (Å²) in [6.07, 6.45) is 15.8. The fourth-order valence-corrected chi connectivity index (χ4v) is 2.00. The summed E-state index contributed by atoms with van der Waals surface area (Å²) in [7, 11) is 0. The molecule has 0 spiro atoms. The van der Waals surface area contributed by atoms with Crippen molar-refractivity contribution in [2.45, 2.75) is 84.0 Å². The zero-order valence-electron chi connectivity index (χ0n) is 12.0. The van der Waals surface area contributed by atoms with Gasteiger partial charge in [-0.05, 0) is 12.8 Å². The molecule has 1 nitrogen and oxygen atoms in total. The summed E-state index contributed by atoms with van der Waals surface area (Å²) in [6.45, 7) is 8.06. The Labute approximate surface area is 109 Å². The molecule has 0 aromatic heterocycles. The van der Waals surface area contributed by atoms with Gasteiger partial charge in [-0.1, -0.05) is 78.1 Å². The van der Waals surface area contributed by atoms with Crippen LogP contribution in [0.4, 0.5) is 0 Å². The summed E-state index contributed by atoms with van der Waals surface area (Å²) >= 11 is 0. The zero-order valence-corrected chi connectivity index (χ0v) is 12.0. The molecule has 0 aliphatic carbocycles. The van der Waals surface area contributed by atoms with Gasteiger partial charge < -0.3 is 4.74 Å². The third-order valence-corrected chi connectivity index (χ3v) is 3.18. The van der Waals surface area contributed by atoms with Crippen LogP contribution in [-0.4, -0.2) is 13.2 Å². The molecular formula is C16H33O. The Morgan fingerprint density at radius 1 is 0.647 bits per heavy atom. The van der Waals surface area contributed by atoms with Crippen LogP contribution in [0.5, 0.6) is 0 Å². The molecule has 0 atom stereocenters. The molecule has 103 valence electrons. The Kier molecular flexibility index (Phi) is 15.9. The maximum absolute atomic E-state index is 5.63. The standard InChI is InChI=1S/C16H33O/c1-3-5-7-9-10-12-14-16-17-15-13-11-8-6-4-2/h2-16H2,1H3. The van der Waals surface area contributed by atoms with Crippen molar-refractivity contribution in [3.63, 3.8) is 0 Å². The predicted molar refractivity (Wildman–Crippen MR) is 77.3 cm³/mol. The molecule has 0 N–H and O–H groups in total. The summed E-state index contributed by atoms with van der Waals surface area (Å²) in [5, 5.41) is 0. The van der Waals surface area contributed by atoms with E-state index in [2.05, 4.69) is 13.8 Å². The minimum Gasteiger partial charge on any atom is -0.381 e. The highest BCUT2D eigenvalue weighted by Gasteiger charge is 1.92. The lowest BCUT2D eigenvalue weighted by Crippen LogP contribution is -1.97. The summed E-state index contributed by atoms with van der Waals surface area (Å²) in [5.41, 5.74) is 0. The third-order valence-electron chi connectivity index (χ3n) is 3.18. The molecular weight excluding hydrogens is 208 g/mol. The molecule has 1 heteroatoms. The first kappa shape index (κ1) is 17.0. The highest BCUT2D eigenvalue weighted by atomic mass is 16.5. The fraction of sp³-hybridized carbons (Fsp3) is 0.938. The lowest BCUT2D eigenvalue weighted by molar-refractivity contribution is 0.125. The van der Waals surface area contributed by atoms with Crippen molar-refractivity contribution >= 4 is 0 Å². The van der Waals surface area contributed by atoms with Gasteiger partial charge in [0, 0.05) is 13.2 Å². The van der Waals surface area contributed by atoms with Gasteiger partial charge in [-0.2, -0.15) is 0 Å². The second-order valence-corrected chi connectivity index (χ2v) is 5.00. The van der Waals surface area contributed by atoms with E-state index in [4.69, 9.17) is 4.74 Å². The smallest absolute Gasteiger partial charge is 0.0466 e. The molecule has 0 aliphatic heterocycles. The van der Waals surface area contributed by atoms with E-state index in [1.54, 1.807) is 0 Å². The number of unbranched alkanes of at least 4 members (excludes halogenated alkanes) is 10. The summed E-state index contributed by atoms with van der Waals surface area (Å²) in [6, 6.07) is 0. The average molecular weight is 241 g/mol. The van der Waals surface area contributed by atoms with Crippen molar-refractivity contribution < 1.29 is 4.74 Å². The normalized spacial score (nSPS) is 10.9. The predicted octanol–water partition coefficient (Wildman–Crippen LogP) is 5.54. The van der Waals surface area contributed by atoms with Gasteiger partial charge in [-0.15, -0.1) is 0 Å². The van der Waals surface area contributed by atoms with Gasteiger partial charge in [0.2, 0.25) is 0 Å². The highest BCUT2D eigenvalue weighted by molar-refractivity contribution is 4.46.